The molecule has 0 aliphatic heterocycles. The number of amides is 1. The van der Waals surface area contributed by atoms with Crippen molar-refractivity contribution in [3.63, 3.8) is 0 Å². The monoisotopic (exact) mass is 335 g/mol. The average molecular weight is 337 g/mol. The molecule has 88 valence electrons. The fourth-order valence-electron chi connectivity index (χ4n) is 0.840. The molecule has 0 saturated carbocycles. The Kier molecular flexibility index (Phi) is 4.09. The number of anilines is 1. The van der Waals surface area contributed by atoms with Gasteiger partial charge in [-0.1, -0.05) is 23.2 Å². The third kappa shape index (κ3) is 3.26. The molecule has 2 nitrogen and oxygen atoms in total. The Morgan fingerprint density at radius 1 is 1.31 bits per heavy atom. The number of halogens is 6. The maximum absolute atomic E-state index is 12.0. The minimum absolute atomic E-state index is 0.102. The Morgan fingerprint density at radius 3 is 2.38 bits per heavy atom. The van der Waals surface area contributed by atoms with Gasteiger partial charge in [0.15, 0.2) is 0 Å². The quantitative estimate of drug-likeness (QED) is 0.763. The first-order valence-electron chi connectivity index (χ1n) is 3.74. The van der Waals surface area contributed by atoms with E-state index in [9.17, 15) is 18.0 Å². The van der Waals surface area contributed by atoms with E-state index in [4.69, 9.17) is 23.2 Å². The number of rotatable bonds is 1. The zero-order valence-electron chi connectivity index (χ0n) is 7.33. The van der Waals surface area contributed by atoms with Gasteiger partial charge in [-0.3, -0.25) is 4.79 Å². The van der Waals surface area contributed by atoms with E-state index in [1.165, 1.54) is 6.07 Å². The van der Waals surface area contributed by atoms with Crippen LogP contribution in [0.2, 0.25) is 10.0 Å². The van der Waals surface area contributed by atoms with Gasteiger partial charge >= 0.3 is 12.1 Å². The molecule has 1 N–H and O–H groups in total. The summed E-state index contributed by atoms with van der Waals surface area (Å²) < 4.78 is 36.1. The molecule has 0 spiro atoms. The molecule has 0 unspecified atom stereocenters. The molecule has 0 radical (unpaired) electrons. The molecule has 16 heavy (non-hydrogen) atoms. The summed E-state index contributed by atoms with van der Waals surface area (Å²) in [5.41, 5.74) is -0.139. The van der Waals surface area contributed by atoms with Crippen LogP contribution in [0.15, 0.2) is 16.6 Å². The van der Waals surface area contributed by atoms with Crippen LogP contribution in [-0.2, 0) is 4.79 Å². The number of carbonyl (C=O) groups is 1. The molecular weight excluding hydrogens is 334 g/mol. The minimum atomic E-state index is -4.96. The Balaban J connectivity index is 3.03. The van der Waals surface area contributed by atoms with Crippen LogP contribution in [0.5, 0.6) is 0 Å². The number of benzene rings is 1. The summed E-state index contributed by atoms with van der Waals surface area (Å²) in [6.07, 6.45) is -4.96. The van der Waals surface area contributed by atoms with Gasteiger partial charge in [0.2, 0.25) is 0 Å². The predicted octanol–water partition coefficient (Wildman–Crippen LogP) is 4.26. The summed E-state index contributed by atoms with van der Waals surface area (Å²) in [7, 11) is 0. The molecule has 0 fully saturated rings. The Hall–Kier alpha value is -0.460. The number of hydrogen-bond donors (Lipinski definition) is 1. The highest BCUT2D eigenvalue weighted by molar-refractivity contribution is 9.10. The van der Waals surface area contributed by atoms with Gasteiger partial charge in [-0.15, -0.1) is 0 Å². The average Bonchev–Trinajstić information content (AvgIpc) is 2.11. The lowest BCUT2D eigenvalue weighted by Crippen LogP contribution is -2.30. The Labute approximate surface area is 107 Å². The summed E-state index contributed by atoms with van der Waals surface area (Å²) >= 11 is 14.2. The van der Waals surface area contributed by atoms with Crippen LogP contribution >= 0.6 is 39.1 Å². The highest BCUT2D eigenvalue weighted by Gasteiger charge is 2.39. The van der Waals surface area contributed by atoms with Crippen LogP contribution in [0.4, 0.5) is 18.9 Å². The smallest absolute Gasteiger partial charge is 0.317 e. The van der Waals surface area contributed by atoms with Crippen molar-refractivity contribution in [2.75, 3.05) is 5.32 Å². The lowest BCUT2D eigenvalue weighted by Gasteiger charge is -2.10. The first-order valence-corrected chi connectivity index (χ1v) is 5.29. The van der Waals surface area contributed by atoms with E-state index < -0.39 is 12.1 Å². The van der Waals surface area contributed by atoms with Crippen molar-refractivity contribution in [1.82, 2.24) is 0 Å². The molecule has 0 aliphatic carbocycles. The molecule has 1 aromatic carbocycles. The van der Waals surface area contributed by atoms with Crippen LogP contribution in [-0.4, -0.2) is 12.1 Å². The highest BCUT2D eigenvalue weighted by atomic mass is 79.9. The lowest BCUT2D eigenvalue weighted by molar-refractivity contribution is -0.167. The van der Waals surface area contributed by atoms with E-state index in [2.05, 4.69) is 15.9 Å². The predicted molar refractivity (Wildman–Crippen MR) is 58.8 cm³/mol. The summed E-state index contributed by atoms with van der Waals surface area (Å²) in [5, 5.41) is 1.87. The number of hydrogen-bond acceptors (Lipinski definition) is 1. The third-order valence-electron chi connectivity index (χ3n) is 1.50. The summed E-state index contributed by atoms with van der Waals surface area (Å²) in [4.78, 5) is 10.7. The van der Waals surface area contributed by atoms with Gasteiger partial charge in [-0.05, 0) is 28.1 Å². The fraction of sp³-hybridized carbons (Fsp3) is 0.125. The second-order valence-corrected chi connectivity index (χ2v) is 4.34. The van der Waals surface area contributed by atoms with Gasteiger partial charge in [0.1, 0.15) is 0 Å². The minimum Gasteiger partial charge on any atom is -0.317 e. The largest absolute Gasteiger partial charge is 0.471 e. The molecular formula is C8H3BrCl2F3NO. The van der Waals surface area contributed by atoms with Crippen LogP contribution in [0, 0.1) is 0 Å². The molecule has 0 atom stereocenters. The van der Waals surface area contributed by atoms with Crippen molar-refractivity contribution >= 4 is 50.7 Å². The lowest BCUT2D eigenvalue weighted by atomic mass is 10.3. The Bertz CT molecular complexity index is 436. The maximum Gasteiger partial charge on any atom is 0.471 e. The summed E-state index contributed by atoms with van der Waals surface area (Å²) in [5.74, 6) is -2.09. The van der Waals surface area contributed by atoms with E-state index in [1.54, 1.807) is 5.32 Å². The maximum atomic E-state index is 12.0. The zero-order chi connectivity index (χ0) is 12.5. The van der Waals surface area contributed by atoms with Crippen LogP contribution in [0.25, 0.3) is 0 Å². The molecule has 8 heteroatoms. The normalized spacial score (nSPS) is 11.4. The fourth-order valence-corrected chi connectivity index (χ4v) is 1.66. The second kappa shape index (κ2) is 4.81. The van der Waals surface area contributed by atoms with Gasteiger partial charge in [0.05, 0.1) is 15.2 Å². The Morgan fingerprint density at radius 2 is 1.88 bits per heavy atom. The third-order valence-corrected chi connectivity index (χ3v) is 3.10. The van der Waals surface area contributed by atoms with Crippen molar-refractivity contribution in [1.29, 1.82) is 0 Å². The standard InChI is InChI=1S/C8H3BrCl2F3NO/c9-6-4(11)1-3(10)2-5(6)15-7(16)8(12,13)14/h1-2H,(H,15,16). The molecule has 1 amide bonds. The van der Waals surface area contributed by atoms with Gasteiger partial charge < -0.3 is 5.32 Å². The molecule has 0 saturated heterocycles. The first-order chi connectivity index (χ1) is 7.21. The zero-order valence-corrected chi connectivity index (χ0v) is 10.4. The molecule has 0 aromatic heterocycles. The van der Waals surface area contributed by atoms with E-state index in [-0.39, 0.29) is 20.2 Å². The van der Waals surface area contributed by atoms with Gasteiger partial charge in [0, 0.05) is 5.02 Å². The SMILES string of the molecule is O=C(Nc1cc(Cl)cc(Cl)c1Br)C(F)(F)F. The second-order valence-electron chi connectivity index (χ2n) is 2.70. The van der Waals surface area contributed by atoms with E-state index in [0.717, 1.165) is 6.07 Å². The van der Waals surface area contributed by atoms with Gasteiger partial charge in [-0.2, -0.15) is 13.2 Å². The number of alkyl halides is 3. The van der Waals surface area contributed by atoms with E-state index in [1.807, 2.05) is 0 Å². The van der Waals surface area contributed by atoms with Crippen molar-refractivity contribution in [2.24, 2.45) is 0 Å². The molecule has 1 rings (SSSR count). The van der Waals surface area contributed by atoms with Crippen LogP contribution in [0.1, 0.15) is 0 Å². The van der Waals surface area contributed by atoms with Gasteiger partial charge in [0.25, 0.3) is 0 Å². The number of carbonyl (C=O) groups excluding carboxylic acids is 1. The molecule has 0 heterocycles. The van der Waals surface area contributed by atoms with Crippen molar-refractivity contribution < 1.29 is 18.0 Å². The highest BCUT2D eigenvalue weighted by Crippen LogP contribution is 2.34. The molecule has 0 bridgehead atoms. The summed E-state index contributed by atoms with van der Waals surface area (Å²) in [6.45, 7) is 0. The van der Waals surface area contributed by atoms with Gasteiger partial charge in [-0.25, -0.2) is 0 Å². The summed E-state index contributed by atoms with van der Waals surface area (Å²) in [6, 6.07) is 2.48. The van der Waals surface area contributed by atoms with E-state index in [0.29, 0.717) is 0 Å². The van der Waals surface area contributed by atoms with Crippen molar-refractivity contribution in [2.45, 2.75) is 6.18 Å². The molecule has 0 aliphatic rings. The molecule has 1 aromatic rings. The van der Waals surface area contributed by atoms with Crippen LogP contribution < -0.4 is 5.32 Å². The first kappa shape index (κ1) is 13.6. The number of nitrogens with one attached hydrogen (secondary N) is 1. The van der Waals surface area contributed by atoms with Crippen LogP contribution in [0.3, 0.4) is 0 Å². The van der Waals surface area contributed by atoms with E-state index >= 15 is 0 Å². The van der Waals surface area contributed by atoms with Crippen molar-refractivity contribution in [3.8, 4) is 0 Å². The van der Waals surface area contributed by atoms with Crippen molar-refractivity contribution in [3.05, 3.63) is 26.7 Å². The topological polar surface area (TPSA) is 29.1 Å².